The predicted octanol–water partition coefficient (Wildman–Crippen LogP) is 1.11. The van der Waals surface area contributed by atoms with E-state index in [4.69, 9.17) is 0 Å². The first-order valence-corrected chi connectivity index (χ1v) is 7.51. The Morgan fingerprint density at radius 2 is 2.13 bits per heavy atom. The third kappa shape index (κ3) is 2.78. The lowest BCUT2D eigenvalue weighted by atomic mass is 10.1. The SMILES string of the molecule is O=c1[nH]c(-c2cncnc2)nc2c1CN(Cc1ccc[nH]1)CC2. The molecule has 0 bridgehead atoms. The summed E-state index contributed by atoms with van der Waals surface area (Å²) in [5.41, 5.74) is 3.42. The highest BCUT2D eigenvalue weighted by Gasteiger charge is 2.21. The number of aromatic amines is 2. The van der Waals surface area contributed by atoms with Gasteiger partial charge < -0.3 is 9.97 Å². The van der Waals surface area contributed by atoms with Gasteiger partial charge in [0.15, 0.2) is 0 Å². The first-order chi connectivity index (χ1) is 11.3. The maximum Gasteiger partial charge on any atom is 0.255 e. The van der Waals surface area contributed by atoms with Crippen molar-refractivity contribution >= 4 is 0 Å². The zero-order valence-electron chi connectivity index (χ0n) is 12.5. The summed E-state index contributed by atoms with van der Waals surface area (Å²) in [5, 5.41) is 0. The van der Waals surface area contributed by atoms with E-state index in [0.717, 1.165) is 42.0 Å². The molecule has 7 nitrogen and oxygen atoms in total. The minimum atomic E-state index is -0.0787. The van der Waals surface area contributed by atoms with E-state index in [1.807, 2.05) is 12.3 Å². The van der Waals surface area contributed by atoms with Gasteiger partial charge in [-0.1, -0.05) is 0 Å². The van der Waals surface area contributed by atoms with Crippen LogP contribution in [0.3, 0.4) is 0 Å². The standard InChI is InChI=1S/C16H16N6O/c23-16-13-9-22(8-12-2-1-4-19-12)5-3-14(13)20-15(21-16)11-6-17-10-18-7-11/h1-2,4,6-7,10,19H,3,5,8-9H2,(H,20,21,23). The Morgan fingerprint density at radius 1 is 1.26 bits per heavy atom. The highest BCUT2D eigenvalue weighted by Crippen LogP contribution is 2.18. The fourth-order valence-electron chi connectivity index (χ4n) is 2.88. The van der Waals surface area contributed by atoms with Crippen molar-refractivity contribution in [2.24, 2.45) is 0 Å². The zero-order valence-corrected chi connectivity index (χ0v) is 12.5. The van der Waals surface area contributed by atoms with Crippen LogP contribution in [0.25, 0.3) is 11.4 Å². The summed E-state index contributed by atoms with van der Waals surface area (Å²) in [6.45, 7) is 2.30. The van der Waals surface area contributed by atoms with Gasteiger partial charge in [0.1, 0.15) is 12.2 Å². The monoisotopic (exact) mass is 308 g/mol. The summed E-state index contributed by atoms with van der Waals surface area (Å²) in [7, 11) is 0. The summed E-state index contributed by atoms with van der Waals surface area (Å²) in [4.78, 5) is 33.3. The van der Waals surface area contributed by atoms with Gasteiger partial charge in [0.05, 0.1) is 16.8 Å². The molecule has 4 rings (SSSR count). The molecule has 7 heteroatoms. The van der Waals surface area contributed by atoms with Gasteiger partial charge in [-0.15, -0.1) is 0 Å². The third-order valence-electron chi connectivity index (χ3n) is 4.04. The lowest BCUT2D eigenvalue weighted by Gasteiger charge is -2.27. The Kier molecular flexibility index (Phi) is 3.47. The van der Waals surface area contributed by atoms with Gasteiger partial charge in [0, 0.05) is 50.3 Å². The van der Waals surface area contributed by atoms with Crippen LogP contribution in [0.2, 0.25) is 0 Å². The van der Waals surface area contributed by atoms with Crippen molar-refractivity contribution in [3.8, 4) is 11.4 Å². The molecule has 116 valence electrons. The van der Waals surface area contributed by atoms with Gasteiger partial charge in [-0.05, 0) is 12.1 Å². The molecule has 1 aliphatic heterocycles. The van der Waals surface area contributed by atoms with Gasteiger partial charge in [-0.25, -0.2) is 15.0 Å². The van der Waals surface area contributed by atoms with Crippen molar-refractivity contribution in [3.63, 3.8) is 0 Å². The van der Waals surface area contributed by atoms with Gasteiger partial charge in [-0.2, -0.15) is 0 Å². The van der Waals surface area contributed by atoms with E-state index in [0.29, 0.717) is 12.4 Å². The molecule has 1 aliphatic rings. The fraction of sp³-hybridized carbons (Fsp3) is 0.250. The molecular formula is C16H16N6O. The van der Waals surface area contributed by atoms with Gasteiger partial charge in [-0.3, -0.25) is 9.69 Å². The van der Waals surface area contributed by atoms with E-state index in [9.17, 15) is 4.79 Å². The van der Waals surface area contributed by atoms with E-state index in [-0.39, 0.29) is 5.56 Å². The fourth-order valence-corrected chi connectivity index (χ4v) is 2.88. The summed E-state index contributed by atoms with van der Waals surface area (Å²) in [5.74, 6) is 0.534. The molecule has 0 saturated carbocycles. The summed E-state index contributed by atoms with van der Waals surface area (Å²) >= 11 is 0. The Labute approximate surface area is 132 Å². The second kappa shape index (κ2) is 5.77. The number of H-pyrrole nitrogens is 2. The van der Waals surface area contributed by atoms with Gasteiger partial charge in [0.25, 0.3) is 5.56 Å². The van der Waals surface area contributed by atoms with Crippen LogP contribution in [0, 0.1) is 0 Å². The molecule has 2 N–H and O–H groups in total. The second-order valence-electron chi connectivity index (χ2n) is 5.62. The Balaban J connectivity index is 1.62. The number of nitrogens with zero attached hydrogens (tertiary/aromatic N) is 4. The van der Waals surface area contributed by atoms with Crippen molar-refractivity contribution in [1.29, 1.82) is 0 Å². The number of hydrogen-bond donors (Lipinski definition) is 2. The summed E-state index contributed by atoms with van der Waals surface area (Å²) in [6, 6.07) is 4.03. The Hall–Kier alpha value is -2.80. The second-order valence-corrected chi connectivity index (χ2v) is 5.62. The maximum atomic E-state index is 12.4. The van der Waals surface area contributed by atoms with E-state index < -0.39 is 0 Å². The van der Waals surface area contributed by atoms with Crippen LogP contribution in [-0.2, 0) is 19.5 Å². The smallest absolute Gasteiger partial charge is 0.255 e. The minimum absolute atomic E-state index is 0.0787. The number of nitrogens with one attached hydrogen (secondary N) is 2. The van der Waals surface area contributed by atoms with E-state index in [2.05, 4.69) is 35.9 Å². The lowest BCUT2D eigenvalue weighted by Crippen LogP contribution is -2.35. The van der Waals surface area contributed by atoms with E-state index in [1.54, 1.807) is 12.4 Å². The molecule has 0 radical (unpaired) electrons. The molecule has 0 atom stereocenters. The molecule has 3 aromatic rings. The number of aromatic nitrogens is 5. The van der Waals surface area contributed by atoms with Crippen LogP contribution < -0.4 is 5.56 Å². The molecule has 0 aliphatic carbocycles. The van der Waals surface area contributed by atoms with Crippen molar-refractivity contribution in [2.45, 2.75) is 19.5 Å². The maximum absolute atomic E-state index is 12.4. The average molecular weight is 308 g/mol. The summed E-state index contributed by atoms with van der Waals surface area (Å²) < 4.78 is 0. The van der Waals surface area contributed by atoms with Crippen LogP contribution in [0.1, 0.15) is 17.0 Å². The predicted molar refractivity (Wildman–Crippen MR) is 84.5 cm³/mol. The molecule has 0 aromatic carbocycles. The number of rotatable bonds is 3. The average Bonchev–Trinajstić information content (AvgIpc) is 3.09. The van der Waals surface area contributed by atoms with Crippen LogP contribution in [0.15, 0.2) is 41.8 Å². The lowest BCUT2D eigenvalue weighted by molar-refractivity contribution is 0.239. The molecule has 3 aromatic heterocycles. The van der Waals surface area contributed by atoms with Crippen molar-refractivity contribution in [1.82, 2.24) is 29.8 Å². The Bertz CT molecular complexity index is 856. The van der Waals surface area contributed by atoms with E-state index in [1.165, 1.54) is 6.33 Å². The number of hydrogen-bond acceptors (Lipinski definition) is 5. The van der Waals surface area contributed by atoms with Crippen LogP contribution >= 0.6 is 0 Å². The first kappa shape index (κ1) is 13.8. The zero-order chi connectivity index (χ0) is 15.6. The molecule has 0 amide bonds. The molecule has 0 fully saturated rings. The van der Waals surface area contributed by atoms with Gasteiger partial charge in [0.2, 0.25) is 0 Å². The minimum Gasteiger partial charge on any atom is -0.364 e. The molecule has 0 unspecified atom stereocenters. The highest BCUT2D eigenvalue weighted by molar-refractivity contribution is 5.52. The van der Waals surface area contributed by atoms with Gasteiger partial charge >= 0.3 is 0 Å². The normalized spacial score (nSPS) is 14.6. The number of fused-ring (bicyclic) bond motifs is 1. The third-order valence-corrected chi connectivity index (χ3v) is 4.04. The highest BCUT2D eigenvalue weighted by atomic mass is 16.1. The van der Waals surface area contributed by atoms with Crippen molar-refractivity contribution in [2.75, 3.05) is 6.54 Å². The molecule has 23 heavy (non-hydrogen) atoms. The van der Waals surface area contributed by atoms with E-state index >= 15 is 0 Å². The van der Waals surface area contributed by atoms with Crippen LogP contribution in [0.5, 0.6) is 0 Å². The molecule has 0 saturated heterocycles. The quantitative estimate of drug-likeness (QED) is 0.756. The van der Waals surface area contributed by atoms with Crippen molar-refractivity contribution in [3.05, 3.63) is 64.4 Å². The van der Waals surface area contributed by atoms with Crippen LogP contribution in [0.4, 0.5) is 0 Å². The van der Waals surface area contributed by atoms with Crippen molar-refractivity contribution < 1.29 is 0 Å². The molecule has 4 heterocycles. The topological polar surface area (TPSA) is 90.6 Å². The van der Waals surface area contributed by atoms with Crippen LogP contribution in [-0.4, -0.2) is 36.4 Å². The summed E-state index contributed by atoms with van der Waals surface area (Å²) in [6.07, 6.45) is 7.44. The first-order valence-electron chi connectivity index (χ1n) is 7.51. The largest absolute Gasteiger partial charge is 0.364 e. The Morgan fingerprint density at radius 3 is 2.91 bits per heavy atom. The molecular weight excluding hydrogens is 292 g/mol. The molecule has 0 spiro atoms.